The molecule has 0 saturated carbocycles. The Kier molecular flexibility index (Phi) is 13.1. The van der Waals surface area contributed by atoms with Gasteiger partial charge in [0.1, 0.15) is 74.1 Å². The van der Waals surface area contributed by atoms with E-state index in [2.05, 4.69) is 0 Å². The van der Waals surface area contributed by atoms with E-state index in [1.807, 2.05) is 176 Å². The Balaban J connectivity index is 1.04. The largest absolute Gasteiger partial charge is 0.489 e. The average molecular weight is 744 g/mol. The van der Waals surface area contributed by atoms with Gasteiger partial charge in [0.25, 0.3) is 0 Å². The fourth-order valence-corrected chi connectivity index (χ4v) is 5.97. The van der Waals surface area contributed by atoms with Crippen molar-refractivity contribution in [1.82, 2.24) is 0 Å². The van der Waals surface area contributed by atoms with Crippen LogP contribution in [0.5, 0.6) is 34.5 Å². The molecule has 7 rings (SSSR count). The van der Waals surface area contributed by atoms with E-state index in [0.717, 1.165) is 38.9 Å². The zero-order chi connectivity index (χ0) is 38.2. The zero-order valence-electron chi connectivity index (χ0n) is 31.2. The third-order valence-electron chi connectivity index (χ3n) is 8.86. The molecule has 0 aliphatic carbocycles. The van der Waals surface area contributed by atoms with Crippen LogP contribution >= 0.6 is 0 Å². The quantitative estimate of drug-likeness (QED) is 0.0883. The maximum atomic E-state index is 6.36. The Morgan fingerprint density at radius 3 is 0.696 bits per heavy atom. The minimum Gasteiger partial charge on any atom is -0.489 e. The zero-order valence-corrected chi connectivity index (χ0v) is 31.2. The lowest BCUT2D eigenvalue weighted by atomic mass is 10.2. The van der Waals surface area contributed by atoms with Gasteiger partial charge in [0, 0.05) is 24.7 Å². The monoisotopic (exact) mass is 743 g/mol. The number of hydrogen-bond donors (Lipinski definition) is 1. The number of rotatable bonds is 19. The highest BCUT2D eigenvalue weighted by atomic mass is 16.5. The molecular formula is C49H45NO6. The van der Waals surface area contributed by atoms with Gasteiger partial charge in [-0.1, -0.05) is 121 Å². The van der Waals surface area contributed by atoms with E-state index in [1.54, 1.807) is 0 Å². The molecule has 7 aromatic carbocycles. The molecule has 7 nitrogen and oxygen atoms in total. The van der Waals surface area contributed by atoms with Gasteiger partial charge in [-0.05, 0) is 75.3 Å². The van der Waals surface area contributed by atoms with E-state index >= 15 is 0 Å². The highest BCUT2D eigenvalue weighted by Crippen LogP contribution is 2.30. The predicted octanol–water partition coefficient (Wildman–Crippen LogP) is 10.6. The summed E-state index contributed by atoms with van der Waals surface area (Å²) in [5.41, 5.74) is 13.1. The Bertz CT molecular complexity index is 1970. The first-order chi connectivity index (χ1) is 27.6. The smallest absolute Gasteiger partial charge is 0.123 e. The molecule has 0 saturated heterocycles. The summed E-state index contributed by atoms with van der Waals surface area (Å²) in [6.07, 6.45) is 0. The van der Waals surface area contributed by atoms with Crippen LogP contribution in [0.3, 0.4) is 0 Å². The van der Waals surface area contributed by atoms with E-state index in [-0.39, 0.29) is 13.2 Å². The second-order valence-corrected chi connectivity index (χ2v) is 13.3. The lowest BCUT2D eigenvalue weighted by molar-refractivity contribution is 0.276. The summed E-state index contributed by atoms with van der Waals surface area (Å²) in [7, 11) is 0. The second-order valence-electron chi connectivity index (χ2n) is 13.3. The second kappa shape index (κ2) is 19.6. The maximum absolute atomic E-state index is 6.36. The molecule has 0 fully saturated rings. The number of hydrogen-bond acceptors (Lipinski definition) is 7. The van der Waals surface area contributed by atoms with Crippen LogP contribution in [0.15, 0.2) is 176 Å². The Labute approximate surface area is 328 Å². The highest BCUT2D eigenvalue weighted by molar-refractivity contribution is 5.42. The van der Waals surface area contributed by atoms with Gasteiger partial charge in [0.15, 0.2) is 0 Å². The van der Waals surface area contributed by atoms with Gasteiger partial charge in [-0.25, -0.2) is 0 Å². The van der Waals surface area contributed by atoms with Crippen molar-refractivity contribution in [2.45, 2.75) is 46.2 Å². The van der Waals surface area contributed by atoms with E-state index < -0.39 is 0 Å². The topological polar surface area (TPSA) is 81.4 Å². The first kappa shape index (κ1) is 37.6. The molecule has 0 aliphatic heterocycles. The van der Waals surface area contributed by atoms with Crippen molar-refractivity contribution < 1.29 is 28.4 Å². The standard InChI is InChI=1S/C49H45NO6/c50-30-41-21-44(55-35-42-23-46(51-31-37-13-5-1-6-14-37)28-47(24-42)52-32-38-15-7-2-8-16-38)27-45(22-41)56-36-43-25-48(53-33-39-17-9-3-10-18-39)29-49(26-43)54-34-40-19-11-4-12-20-40/h1-29H,30-36,50H2. The summed E-state index contributed by atoms with van der Waals surface area (Å²) in [5.74, 6) is 4.05. The minimum absolute atomic E-state index is 0.278. The predicted molar refractivity (Wildman–Crippen MR) is 219 cm³/mol. The lowest BCUT2D eigenvalue weighted by Crippen LogP contribution is -2.04. The lowest BCUT2D eigenvalue weighted by Gasteiger charge is -2.15. The van der Waals surface area contributed by atoms with Crippen LogP contribution in [0.1, 0.15) is 38.9 Å². The van der Waals surface area contributed by atoms with E-state index in [0.29, 0.717) is 67.5 Å². The number of benzene rings is 7. The summed E-state index contributed by atoms with van der Waals surface area (Å²) < 4.78 is 37.6. The Morgan fingerprint density at radius 2 is 0.464 bits per heavy atom. The number of nitrogens with two attached hydrogens (primary N) is 1. The Hall–Kier alpha value is -6.70. The van der Waals surface area contributed by atoms with Crippen LogP contribution in [0.2, 0.25) is 0 Å². The van der Waals surface area contributed by atoms with Crippen molar-refractivity contribution in [1.29, 1.82) is 0 Å². The van der Waals surface area contributed by atoms with Gasteiger partial charge in [-0.15, -0.1) is 0 Å². The summed E-state index contributed by atoms with van der Waals surface area (Å²) in [4.78, 5) is 0. The molecule has 7 heteroatoms. The average Bonchev–Trinajstić information content (AvgIpc) is 3.26. The fraction of sp³-hybridized carbons (Fsp3) is 0.143. The van der Waals surface area contributed by atoms with Crippen molar-refractivity contribution in [2.24, 2.45) is 5.73 Å². The third kappa shape index (κ3) is 11.6. The minimum atomic E-state index is 0.278. The van der Waals surface area contributed by atoms with Crippen molar-refractivity contribution in [3.05, 3.63) is 215 Å². The van der Waals surface area contributed by atoms with Crippen LogP contribution in [0, 0.1) is 0 Å². The molecule has 0 aliphatic rings. The van der Waals surface area contributed by atoms with Crippen molar-refractivity contribution in [2.75, 3.05) is 0 Å². The molecule has 0 aromatic heterocycles. The van der Waals surface area contributed by atoms with Gasteiger partial charge < -0.3 is 34.2 Å². The summed E-state index contributed by atoms with van der Waals surface area (Å²) in [6, 6.07) is 57.8. The third-order valence-corrected chi connectivity index (χ3v) is 8.86. The highest BCUT2D eigenvalue weighted by Gasteiger charge is 2.10. The fourth-order valence-electron chi connectivity index (χ4n) is 5.97. The van der Waals surface area contributed by atoms with E-state index in [4.69, 9.17) is 34.2 Å². The van der Waals surface area contributed by atoms with Crippen LogP contribution in [0.25, 0.3) is 0 Å². The van der Waals surface area contributed by atoms with Gasteiger partial charge in [-0.2, -0.15) is 0 Å². The normalized spacial score (nSPS) is 10.7. The van der Waals surface area contributed by atoms with Gasteiger partial charge in [0.2, 0.25) is 0 Å². The molecule has 2 N–H and O–H groups in total. The van der Waals surface area contributed by atoms with Gasteiger partial charge >= 0.3 is 0 Å². The molecule has 0 radical (unpaired) electrons. The number of ether oxygens (including phenoxy) is 6. The van der Waals surface area contributed by atoms with Crippen LogP contribution < -0.4 is 34.2 Å². The van der Waals surface area contributed by atoms with Crippen LogP contribution in [-0.4, -0.2) is 0 Å². The molecule has 0 amide bonds. The van der Waals surface area contributed by atoms with Crippen molar-refractivity contribution >= 4 is 0 Å². The molecule has 0 spiro atoms. The van der Waals surface area contributed by atoms with E-state index in [9.17, 15) is 0 Å². The van der Waals surface area contributed by atoms with Crippen molar-refractivity contribution in [3.63, 3.8) is 0 Å². The van der Waals surface area contributed by atoms with Gasteiger partial charge in [0.05, 0.1) is 0 Å². The van der Waals surface area contributed by atoms with E-state index in [1.165, 1.54) is 0 Å². The molecule has 0 atom stereocenters. The molecule has 7 aromatic rings. The molecular weight excluding hydrogens is 699 g/mol. The maximum Gasteiger partial charge on any atom is 0.123 e. The summed E-state index contributed by atoms with van der Waals surface area (Å²) >= 11 is 0. The summed E-state index contributed by atoms with van der Waals surface area (Å²) in [6.45, 7) is 2.63. The molecule has 0 heterocycles. The van der Waals surface area contributed by atoms with Crippen LogP contribution in [-0.2, 0) is 46.2 Å². The van der Waals surface area contributed by atoms with Gasteiger partial charge in [-0.3, -0.25) is 0 Å². The molecule has 282 valence electrons. The molecule has 56 heavy (non-hydrogen) atoms. The molecule has 0 bridgehead atoms. The Morgan fingerprint density at radius 1 is 0.250 bits per heavy atom. The summed E-state index contributed by atoms with van der Waals surface area (Å²) in [5, 5.41) is 0. The first-order valence-electron chi connectivity index (χ1n) is 18.7. The first-order valence-corrected chi connectivity index (χ1v) is 18.7. The SMILES string of the molecule is NCc1cc(OCc2cc(OCc3ccccc3)cc(OCc3ccccc3)c2)cc(OCc2cc(OCc3ccccc3)cc(OCc3ccccc3)c2)c1. The molecule has 0 unspecified atom stereocenters. The van der Waals surface area contributed by atoms with Crippen LogP contribution in [0.4, 0.5) is 0 Å². The van der Waals surface area contributed by atoms with Crippen molar-refractivity contribution in [3.8, 4) is 34.5 Å².